The molecule has 5 aromatic rings. The van der Waals surface area contributed by atoms with Crippen molar-refractivity contribution < 1.29 is 19.5 Å². The molecular formula is C36H32N4O4. The lowest BCUT2D eigenvalue weighted by Gasteiger charge is -2.37. The Morgan fingerprint density at radius 1 is 0.818 bits per heavy atom. The van der Waals surface area contributed by atoms with Crippen LogP contribution in [0.1, 0.15) is 31.8 Å². The number of nitrogens with one attached hydrogen (secondary N) is 1. The molecular weight excluding hydrogens is 552 g/mol. The number of hydrogen-bond acceptors (Lipinski definition) is 3. The molecule has 8 heteroatoms. The molecule has 2 heterocycles. The maximum atomic E-state index is 14.3. The van der Waals surface area contributed by atoms with E-state index in [1.54, 1.807) is 22.1 Å². The van der Waals surface area contributed by atoms with Gasteiger partial charge < -0.3 is 19.9 Å². The number of hydrogen-bond donors (Lipinski definition) is 2. The number of carboxylic acid groups (broad SMARTS) is 1. The largest absolute Gasteiger partial charge is 0.465 e. The lowest BCUT2D eigenvalue weighted by molar-refractivity contribution is 0.0637. The maximum absolute atomic E-state index is 14.3. The van der Waals surface area contributed by atoms with Crippen molar-refractivity contribution in [3.05, 3.63) is 144 Å². The maximum Gasteiger partial charge on any atom is 0.404 e. The minimum Gasteiger partial charge on any atom is -0.465 e. The number of amides is 3. The van der Waals surface area contributed by atoms with Crippen molar-refractivity contribution in [2.24, 2.45) is 7.05 Å². The van der Waals surface area contributed by atoms with Crippen LogP contribution < -0.4 is 10.2 Å². The predicted molar refractivity (Wildman–Crippen MR) is 170 cm³/mol. The molecule has 44 heavy (non-hydrogen) atoms. The highest BCUT2D eigenvalue weighted by Gasteiger charge is 2.32. The molecule has 0 radical (unpaired) electrons. The summed E-state index contributed by atoms with van der Waals surface area (Å²) in [7, 11) is 1.86. The molecule has 0 aliphatic carbocycles. The van der Waals surface area contributed by atoms with Gasteiger partial charge >= 0.3 is 6.09 Å². The topological polar surface area (TPSA) is 94.9 Å². The molecule has 0 saturated heterocycles. The zero-order valence-corrected chi connectivity index (χ0v) is 24.3. The number of aromatic nitrogens is 1. The third-order valence-corrected chi connectivity index (χ3v) is 8.02. The first-order valence-electron chi connectivity index (χ1n) is 14.5. The molecule has 4 aromatic carbocycles. The number of aryl methyl sites for hydroxylation is 1. The average molecular weight is 585 g/mol. The minimum absolute atomic E-state index is 0.120. The highest BCUT2D eigenvalue weighted by molar-refractivity contribution is 6.11. The first-order valence-corrected chi connectivity index (χ1v) is 14.5. The number of fused-ring (bicyclic) bond motifs is 1. The van der Waals surface area contributed by atoms with Crippen molar-refractivity contribution in [3.63, 3.8) is 0 Å². The number of carbonyl (C=O) groups is 3. The number of para-hydroxylation sites is 2. The van der Waals surface area contributed by atoms with Gasteiger partial charge in [0.2, 0.25) is 0 Å². The van der Waals surface area contributed by atoms with Crippen molar-refractivity contribution >= 4 is 29.3 Å². The molecule has 8 nitrogen and oxygen atoms in total. The Bertz CT molecular complexity index is 1780. The number of benzene rings is 4. The lowest BCUT2D eigenvalue weighted by atomic mass is 9.92. The lowest BCUT2D eigenvalue weighted by Crippen LogP contribution is -2.50. The van der Waals surface area contributed by atoms with Gasteiger partial charge in [0.25, 0.3) is 11.8 Å². The second-order valence-electron chi connectivity index (χ2n) is 10.8. The quantitative estimate of drug-likeness (QED) is 0.228. The molecule has 220 valence electrons. The fourth-order valence-corrected chi connectivity index (χ4v) is 5.88. The van der Waals surface area contributed by atoms with E-state index in [9.17, 15) is 19.5 Å². The second-order valence-corrected chi connectivity index (χ2v) is 10.8. The van der Waals surface area contributed by atoms with Crippen LogP contribution >= 0.6 is 0 Å². The molecule has 0 saturated carbocycles. The summed E-state index contributed by atoms with van der Waals surface area (Å²) in [5.74, 6) is -0.392. The standard InChI is InChI=1S/C36H32N4O4/c1-38-23-27(34(41)40(28-14-4-2-5-15-28)29-16-6-3-7-17-29)21-33(38)31-18-10-11-19-32(31)35(42)39-24-26-13-9-8-12-25(26)20-30(39)22-37-36(43)44/h2-19,21,23,30,37H,20,22,24H2,1H3,(H,43,44)/t30-/m0/s1. The van der Waals surface area contributed by atoms with Gasteiger partial charge in [-0.05, 0) is 53.9 Å². The first-order chi connectivity index (χ1) is 21.4. The molecule has 1 aliphatic rings. The van der Waals surface area contributed by atoms with Crippen LogP contribution in [-0.4, -0.2) is 45.1 Å². The second kappa shape index (κ2) is 12.3. The Labute approximate surface area is 255 Å². The van der Waals surface area contributed by atoms with Gasteiger partial charge in [0, 0.05) is 54.5 Å². The van der Waals surface area contributed by atoms with Gasteiger partial charge in [0.05, 0.1) is 11.6 Å². The van der Waals surface area contributed by atoms with Gasteiger partial charge in [0.1, 0.15) is 0 Å². The molecule has 1 atom stereocenters. The van der Waals surface area contributed by atoms with Crippen molar-refractivity contribution in [1.82, 2.24) is 14.8 Å². The fraction of sp³-hybridized carbons (Fsp3) is 0.139. The van der Waals surface area contributed by atoms with Gasteiger partial charge in [0.15, 0.2) is 0 Å². The summed E-state index contributed by atoms with van der Waals surface area (Å²) in [6.45, 7) is 0.491. The Kier molecular flexibility index (Phi) is 7.97. The molecule has 6 rings (SSSR count). The van der Waals surface area contributed by atoms with Crippen LogP contribution in [0.15, 0.2) is 121 Å². The van der Waals surface area contributed by atoms with Crippen molar-refractivity contribution in [3.8, 4) is 11.3 Å². The molecule has 0 fully saturated rings. The Hall–Kier alpha value is -5.63. The third-order valence-electron chi connectivity index (χ3n) is 8.02. The van der Waals surface area contributed by atoms with E-state index in [4.69, 9.17) is 0 Å². The molecule has 1 aliphatic heterocycles. The highest BCUT2D eigenvalue weighted by Crippen LogP contribution is 2.32. The predicted octanol–water partition coefficient (Wildman–Crippen LogP) is 6.51. The summed E-state index contributed by atoms with van der Waals surface area (Å²) in [5, 5.41) is 11.8. The van der Waals surface area contributed by atoms with Crippen molar-refractivity contribution in [2.45, 2.75) is 19.0 Å². The Morgan fingerprint density at radius 3 is 2.07 bits per heavy atom. The molecule has 0 bridgehead atoms. The van der Waals surface area contributed by atoms with Crippen LogP contribution in [-0.2, 0) is 20.0 Å². The first kappa shape index (κ1) is 28.5. The van der Waals surface area contributed by atoms with Gasteiger partial charge in [-0.15, -0.1) is 0 Å². The summed E-state index contributed by atoms with van der Waals surface area (Å²) in [5.41, 5.74) is 6.01. The minimum atomic E-state index is -1.13. The molecule has 2 N–H and O–H groups in total. The van der Waals surface area contributed by atoms with E-state index in [0.29, 0.717) is 29.7 Å². The monoisotopic (exact) mass is 584 g/mol. The van der Waals surface area contributed by atoms with Crippen molar-refractivity contribution in [2.75, 3.05) is 11.4 Å². The summed E-state index contributed by atoms with van der Waals surface area (Å²) in [4.78, 5) is 43.1. The van der Waals surface area contributed by atoms with E-state index >= 15 is 0 Å². The van der Waals surface area contributed by atoms with Gasteiger partial charge in [-0.1, -0.05) is 78.9 Å². The van der Waals surface area contributed by atoms with E-state index in [0.717, 1.165) is 28.2 Å². The smallest absolute Gasteiger partial charge is 0.404 e. The number of nitrogens with zero attached hydrogens (tertiary/aromatic N) is 3. The average Bonchev–Trinajstić information content (AvgIpc) is 3.45. The normalized spacial score (nSPS) is 14.0. The van der Waals surface area contributed by atoms with E-state index in [1.807, 2.05) is 121 Å². The Morgan fingerprint density at radius 2 is 1.41 bits per heavy atom. The van der Waals surface area contributed by atoms with E-state index < -0.39 is 6.09 Å². The SMILES string of the molecule is Cn1cc(C(=O)N(c2ccccc2)c2ccccc2)cc1-c1ccccc1C(=O)N1Cc2ccccc2C[C@H]1CNC(=O)O. The summed E-state index contributed by atoms with van der Waals surface area (Å²) in [6, 6.07) is 35.8. The zero-order valence-electron chi connectivity index (χ0n) is 24.3. The van der Waals surface area contributed by atoms with Crippen LogP contribution in [0.4, 0.5) is 16.2 Å². The summed E-state index contributed by atoms with van der Waals surface area (Å²) < 4.78 is 1.86. The summed E-state index contributed by atoms with van der Waals surface area (Å²) in [6.07, 6.45) is 1.20. The number of anilines is 2. The van der Waals surface area contributed by atoms with Crippen molar-refractivity contribution in [1.29, 1.82) is 0 Å². The molecule has 0 unspecified atom stereocenters. The highest BCUT2D eigenvalue weighted by atomic mass is 16.4. The van der Waals surface area contributed by atoms with Crippen LogP contribution in [0.5, 0.6) is 0 Å². The molecule has 3 amide bonds. The van der Waals surface area contributed by atoms with E-state index in [1.165, 1.54) is 0 Å². The number of carbonyl (C=O) groups excluding carboxylic acids is 2. The van der Waals surface area contributed by atoms with Crippen LogP contribution in [0.3, 0.4) is 0 Å². The van der Waals surface area contributed by atoms with Crippen LogP contribution in [0, 0.1) is 0 Å². The van der Waals surface area contributed by atoms with Crippen LogP contribution in [0.25, 0.3) is 11.3 Å². The van der Waals surface area contributed by atoms with Crippen LogP contribution in [0.2, 0.25) is 0 Å². The number of rotatable bonds is 7. The van der Waals surface area contributed by atoms with Gasteiger partial charge in [-0.25, -0.2) is 4.79 Å². The molecule has 1 aromatic heterocycles. The molecule has 0 spiro atoms. The van der Waals surface area contributed by atoms with E-state index in [2.05, 4.69) is 5.32 Å². The van der Waals surface area contributed by atoms with Gasteiger partial charge in [-0.3, -0.25) is 14.5 Å². The Balaban J connectivity index is 1.36. The zero-order chi connectivity index (χ0) is 30.6. The summed E-state index contributed by atoms with van der Waals surface area (Å²) >= 11 is 0. The van der Waals surface area contributed by atoms with Gasteiger partial charge in [-0.2, -0.15) is 0 Å². The fourth-order valence-electron chi connectivity index (χ4n) is 5.88. The van der Waals surface area contributed by atoms with E-state index in [-0.39, 0.29) is 24.4 Å². The third kappa shape index (κ3) is 5.70.